The molecule has 9 heteroatoms. The van der Waals surface area contributed by atoms with E-state index >= 15 is 0 Å². The van der Waals surface area contributed by atoms with Crippen molar-refractivity contribution < 1.29 is 19.1 Å². The highest BCUT2D eigenvalue weighted by molar-refractivity contribution is 7.99. The lowest BCUT2D eigenvalue weighted by Gasteiger charge is -2.28. The van der Waals surface area contributed by atoms with E-state index in [1.165, 1.54) is 36.7 Å². The third-order valence-electron chi connectivity index (χ3n) is 5.56. The number of H-pyrrole nitrogens is 1. The fraction of sp³-hybridized carbons (Fsp3) is 0.360. The summed E-state index contributed by atoms with van der Waals surface area (Å²) in [5, 5.41) is 10.8. The molecule has 0 bridgehead atoms. The molecule has 4 rings (SSSR count). The first-order valence-corrected chi connectivity index (χ1v) is 12.2. The van der Waals surface area contributed by atoms with E-state index in [4.69, 9.17) is 9.47 Å². The number of rotatable bonds is 8. The Morgan fingerprint density at radius 2 is 1.59 bits per heavy atom. The molecule has 0 atom stereocenters. The highest BCUT2D eigenvalue weighted by Gasteiger charge is 2.20. The van der Waals surface area contributed by atoms with Gasteiger partial charge in [0.05, 0.1) is 5.92 Å². The molecule has 1 fully saturated rings. The van der Waals surface area contributed by atoms with Gasteiger partial charge in [-0.2, -0.15) is 5.21 Å². The van der Waals surface area contributed by atoms with Gasteiger partial charge in [-0.15, -0.1) is 10.2 Å². The molecule has 1 N–H and O–H groups in total. The smallest absolute Gasteiger partial charge is 0.364 e. The second-order valence-corrected chi connectivity index (χ2v) is 9.43. The molecule has 2 aromatic carbocycles. The summed E-state index contributed by atoms with van der Waals surface area (Å²) in [7, 11) is 0. The molecule has 0 amide bonds. The molecule has 178 valence electrons. The van der Waals surface area contributed by atoms with Gasteiger partial charge in [0.1, 0.15) is 0 Å². The van der Waals surface area contributed by atoms with Gasteiger partial charge < -0.3 is 14.4 Å². The summed E-state index contributed by atoms with van der Waals surface area (Å²) in [6, 6.07) is 16.7. The van der Waals surface area contributed by atoms with E-state index in [2.05, 4.69) is 44.6 Å². The Morgan fingerprint density at radius 1 is 0.941 bits per heavy atom. The normalized spacial score (nSPS) is 13.7. The Hall–Kier alpha value is -3.33. The number of esters is 2. The molecule has 0 saturated carbocycles. The van der Waals surface area contributed by atoms with Gasteiger partial charge in [-0.05, 0) is 54.7 Å². The van der Waals surface area contributed by atoms with Gasteiger partial charge in [0.25, 0.3) is 0 Å². The molecule has 1 saturated heterocycles. The maximum Gasteiger partial charge on any atom is 0.364 e. The van der Waals surface area contributed by atoms with Crippen LogP contribution in [0.25, 0.3) is 11.1 Å². The van der Waals surface area contributed by atoms with Gasteiger partial charge in [-0.3, -0.25) is 4.79 Å². The standard InChI is InChI=1S/C25H28N4O4S/c1-17(2)24(30)32-16-33-25(31)22-23(27-28-26-22)34-21-12-8-19(9-13-21)18-6-10-20(11-7-18)29-14-4-3-5-15-29/h6-13,17H,3-5,14-16H2,1-2H3,(H,26,27,28). The van der Waals surface area contributed by atoms with Crippen LogP contribution in [0.3, 0.4) is 0 Å². The minimum absolute atomic E-state index is 0.0444. The third-order valence-corrected chi connectivity index (χ3v) is 6.55. The number of ether oxygens (including phenoxy) is 2. The van der Waals surface area contributed by atoms with E-state index in [1.807, 2.05) is 24.3 Å². The van der Waals surface area contributed by atoms with Crippen molar-refractivity contribution in [2.75, 3.05) is 24.8 Å². The first-order chi connectivity index (χ1) is 16.5. The topological polar surface area (TPSA) is 97.4 Å². The fourth-order valence-electron chi connectivity index (χ4n) is 3.65. The lowest BCUT2D eigenvalue weighted by molar-refractivity contribution is -0.155. The third kappa shape index (κ3) is 5.96. The van der Waals surface area contributed by atoms with Crippen LogP contribution in [0.4, 0.5) is 5.69 Å². The molecule has 34 heavy (non-hydrogen) atoms. The van der Waals surface area contributed by atoms with Crippen LogP contribution in [-0.2, 0) is 14.3 Å². The average Bonchev–Trinajstić information content (AvgIpc) is 3.33. The zero-order valence-corrected chi connectivity index (χ0v) is 20.1. The number of aromatic amines is 1. The zero-order valence-electron chi connectivity index (χ0n) is 19.3. The van der Waals surface area contributed by atoms with Crippen LogP contribution < -0.4 is 4.90 Å². The second-order valence-electron chi connectivity index (χ2n) is 8.37. The number of benzene rings is 2. The number of anilines is 1. The van der Waals surface area contributed by atoms with Crippen LogP contribution in [0.2, 0.25) is 0 Å². The van der Waals surface area contributed by atoms with E-state index in [-0.39, 0.29) is 11.6 Å². The quantitative estimate of drug-likeness (QED) is 0.358. The van der Waals surface area contributed by atoms with Crippen molar-refractivity contribution in [1.29, 1.82) is 0 Å². The van der Waals surface area contributed by atoms with Crippen molar-refractivity contribution in [3.05, 3.63) is 54.2 Å². The number of hydrogen-bond donors (Lipinski definition) is 1. The van der Waals surface area contributed by atoms with Gasteiger partial charge in [0.2, 0.25) is 12.5 Å². The minimum Gasteiger partial charge on any atom is -0.428 e. The first kappa shape index (κ1) is 23.8. The number of piperidine rings is 1. The van der Waals surface area contributed by atoms with Crippen LogP contribution in [0.1, 0.15) is 43.6 Å². The van der Waals surface area contributed by atoms with E-state index < -0.39 is 18.7 Å². The summed E-state index contributed by atoms with van der Waals surface area (Å²) < 4.78 is 9.87. The number of carbonyl (C=O) groups is 2. The number of aromatic nitrogens is 3. The molecule has 1 aromatic heterocycles. The predicted octanol–water partition coefficient (Wildman–Crippen LogP) is 4.93. The van der Waals surface area contributed by atoms with Crippen LogP contribution in [-0.4, -0.2) is 47.2 Å². The molecular weight excluding hydrogens is 452 g/mol. The number of carbonyl (C=O) groups excluding carboxylic acids is 2. The summed E-state index contributed by atoms with van der Waals surface area (Å²) in [5.74, 6) is -1.45. The summed E-state index contributed by atoms with van der Waals surface area (Å²) in [6.45, 7) is 5.20. The molecule has 3 aromatic rings. The van der Waals surface area contributed by atoms with Crippen molar-refractivity contribution in [2.45, 2.75) is 43.0 Å². The number of nitrogens with zero attached hydrogens (tertiary/aromatic N) is 3. The molecule has 2 heterocycles. The number of hydrogen-bond acceptors (Lipinski definition) is 8. The Labute approximate surface area is 203 Å². The van der Waals surface area contributed by atoms with Gasteiger partial charge in [-0.1, -0.05) is 49.9 Å². The monoisotopic (exact) mass is 480 g/mol. The highest BCUT2D eigenvalue weighted by Crippen LogP contribution is 2.31. The Bertz CT molecular complexity index is 1110. The van der Waals surface area contributed by atoms with Crippen molar-refractivity contribution in [3.8, 4) is 11.1 Å². The van der Waals surface area contributed by atoms with Gasteiger partial charge >= 0.3 is 11.9 Å². The number of nitrogens with one attached hydrogen (secondary N) is 1. The van der Waals surface area contributed by atoms with Crippen LogP contribution in [0.15, 0.2) is 58.5 Å². The second kappa shape index (κ2) is 11.2. The maximum atomic E-state index is 12.3. The molecule has 0 spiro atoms. The maximum absolute atomic E-state index is 12.3. The Kier molecular flexibility index (Phi) is 7.84. The first-order valence-electron chi connectivity index (χ1n) is 11.4. The molecule has 8 nitrogen and oxygen atoms in total. The van der Waals surface area contributed by atoms with Crippen LogP contribution in [0.5, 0.6) is 0 Å². The Balaban J connectivity index is 1.36. The zero-order chi connectivity index (χ0) is 23.9. The lowest BCUT2D eigenvalue weighted by Crippen LogP contribution is -2.29. The van der Waals surface area contributed by atoms with Gasteiger partial charge in [-0.25, -0.2) is 4.79 Å². The minimum atomic E-state index is -0.710. The van der Waals surface area contributed by atoms with E-state index in [0.717, 1.165) is 29.1 Å². The summed E-state index contributed by atoms with van der Waals surface area (Å²) in [5.41, 5.74) is 3.59. The molecule has 1 aliphatic heterocycles. The van der Waals surface area contributed by atoms with Crippen LogP contribution in [0, 0.1) is 5.92 Å². The molecule has 0 unspecified atom stereocenters. The van der Waals surface area contributed by atoms with Gasteiger partial charge in [0, 0.05) is 23.7 Å². The van der Waals surface area contributed by atoms with E-state index in [1.54, 1.807) is 13.8 Å². The lowest BCUT2D eigenvalue weighted by atomic mass is 10.0. The molecular formula is C25H28N4O4S. The largest absolute Gasteiger partial charge is 0.428 e. The Morgan fingerprint density at radius 3 is 2.24 bits per heavy atom. The van der Waals surface area contributed by atoms with Crippen molar-refractivity contribution in [2.24, 2.45) is 5.92 Å². The summed E-state index contributed by atoms with van der Waals surface area (Å²) in [6.07, 6.45) is 3.85. The van der Waals surface area contributed by atoms with Crippen LogP contribution >= 0.6 is 11.8 Å². The molecule has 1 aliphatic rings. The van der Waals surface area contributed by atoms with Crippen molar-refractivity contribution >= 4 is 29.4 Å². The summed E-state index contributed by atoms with van der Waals surface area (Å²) >= 11 is 1.30. The van der Waals surface area contributed by atoms with Crippen molar-refractivity contribution in [1.82, 2.24) is 15.4 Å². The molecule has 0 aliphatic carbocycles. The van der Waals surface area contributed by atoms with E-state index in [9.17, 15) is 9.59 Å². The summed E-state index contributed by atoms with van der Waals surface area (Å²) in [4.78, 5) is 27.1. The van der Waals surface area contributed by atoms with Gasteiger partial charge in [0.15, 0.2) is 5.03 Å². The fourth-order valence-corrected chi connectivity index (χ4v) is 4.45. The van der Waals surface area contributed by atoms with E-state index in [0.29, 0.717) is 5.03 Å². The average molecular weight is 481 g/mol. The highest BCUT2D eigenvalue weighted by atomic mass is 32.2. The predicted molar refractivity (Wildman–Crippen MR) is 130 cm³/mol. The SMILES string of the molecule is CC(C)C(=O)OCOC(=O)c1n[nH]nc1Sc1ccc(-c2ccc(N3CCCCC3)cc2)cc1. The van der Waals surface area contributed by atoms with Crippen molar-refractivity contribution in [3.63, 3.8) is 0 Å². The molecule has 0 radical (unpaired) electrons.